The van der Waals surface area contributed by atoms with Crippen molar-refractivity contribution in [1.29, 1.82) is 0 Å². The minimum atomic E-state index is -0.255. The van der Waals surface area contributed by atoms with Crippen LogP contribution in [-0.4, -0.2) is 30.2 Å². The number of ether oxygens (including phenoxy) is 1. The molecule has 2 aromatic rings. The third-order valence-electron chi connectivity index (χ3n) is 3.70. The van der Waals surface area contributed by atoms with Gasteiger partial charge in [0.25, 0.3) is 5.91 Å². The number of benzene rings is 1. The largest absolute Gasteiger partial charge is 0.482 e. The molecule has 136 valence electrons. The molecule has 1 aliphatic heterocycles. The van der Waals surface area contributed by atoms with Crippen LogP contribution in [0.3, 0.4) is 0 Å². The van der Waals surface area contributed by atoms with Crippen LogP contribution in [0, 0.1) is 0 Å². The van der Waals surface area contributed by atoms with E-state index in [-0.39, 0.29) is 36.7 Å². The number of nitrogens with one attached hydrogen (secondary N) is 2. The van der Waals surface area contributed by atoms with E-state index in [1.165, 1.54) is 0 Å². The Balaban J connectivity index is 0.00000225. The van der Waals surface area contributed by atoms with E-state index in [0.717, 1.165) is 25.9 Å². The first-order valence-corrected chi connectivity index (χ1v) is 8.43. The van der Waals surface area contributed by atoms with Crippen LogP contribution < -0.4 is 15.4 Å². The van der Waals surface area contributed by atoms with Crippen LogP contribution >= 0.6 is 35.6 Å². The number of aromatic nitrogens is 1. The van der Waals surface area contributed by atoms with Crippen molar-refractivity contribution in [1.82, 2.24) is 15.8 Å². The maximum atomic E-state index is 12.2. The van der Waals surface area contributed by atoms with Gasteiger partial charge in [-0.3, -0.25) is 4.79 Å². The number of hydrogen-bond donors (Lipinski definition) is 2. The molecule has 1 fully saturated rings. The Labute approximate surface area is 161 Å². The number of amides is 1. The lowest BCUT2D eigenvalue weighted by atomic mass is 10.1. The van der Waals surface area contributed by atoms with Gasteiger partial charge >= 0.3 is 0 Å². The molecule has 1 aromatic heterocycles. The van der Waals surface area contributed by atoms with Crippen molar-refractivity contribution in [3.05, 3.63) is 45.8 Å². The topological polar surface area (TPSA) is 76.4 Å². The van der Waals surface area contributed by atoms with Gasteiger partial charge in [0, 0.05) is 18.7 Å². The van der Waals surface area contributed by atoms with E-state index < -0.39 is 0 Å². The number of carbonyl (C=O) groups is 1. The molecule has 1 unspecified atom stereocenters. The number of para-hydroxylation sites is 1. The summed E-state index contributed by atoms with van der Waals surface area (Å²) in [5, 5.41) is 10.8. The van der Waals surface area contributed by atoms with Crippen molar-refractivity contribution in [3.63, 3.8) is 0 Å². The highest BCUT2D eigenvalue weighted by Gasteiger charge is 2.19. The van der Waals surface area contributed by atoms with Crippen LogP contribution in [0.2, 0.25) is 10.0 Å². The molecule has 0 bridgehead atoms. The SMILES string of the molecule is Cl.O=C(NC1CCCNC1)c1cc(COc2c(Cl)cccc2Cl)on1. The summed E-state index contributed by atoms with van der Waals surface area (Å²) in [7, 11) is 0. The second-order valence-corrected chi connectivity index (χ2v) is 6.35. The van der Waals surface area contributed by atoms with E-state index in [9.17, 15) is 4.79 Å². The Bertz CT molecular complexity index is 697. The van der Waals surface area contributed by atoms with Crippen LogP contribution in [0.4, 0.5) is 0 Å². The number of piperidine rings is 1. The fraction of sp³-hybridized carbons (Fsp3) is 0.375. The van der Waals surface area contributed by atoms with Crippen molar-refractivity contribution in [2.24, 2.45) is 0 Å². The van der Waals surface area contributed by atoms with Gasteiger partial charge in [0.15, 0.2) is 17.2 Å². The van der Waals surface area contributed by atoms with E-state index in [2.05, 4.69) is 15.8 Å². The minimum absolute atomic E-state index is 0. The quantitative estimate of drug-likeness (QED) is 0.795. The summed E-state index contributed by atoms with van der Waals surface area (Å²) in [5.74, 6) is 0.531. The second kappa shape index (κ2) is 9.29. The number of carbonyl (C=O) groups excluding carboxylic acids is 1. The maximum absolute atomic E-state index is 12.2. The molecule has 0 aliphatic carbocycles. The molecule has 1 saturated heterocycles. The third kappa shape index (κ3) is 5.25. The lowest BCUT2D eigenvalue weighted by molar-refractivity contribution is 0.0921. The predicted molar refractivity (Wildman–Crippen MR) is 97.9 cm³/mol. The van der Waals surface area contributed by atoms with Crippen LogP contribution in [-0.2, 0) is 6.61 Å². The summed E-state index contributed by atoms with van der Waals surface area (Å²) in [6, 6.07) is 6.76. The minimum Gasteiger partial charge on any atom is -0.482 e. The Morgan fingerprint density at radius 3 is 2.84 bits per heavy atom. The molecule has 1 aliphatic rings. The van der Waals surface area contributed by atoms with Gasteiger partial charge in [0.05, 0.1) is 10.0 Å². The molecule has 1 amide bonds. The molecule has 2 N–H and O–H groups in total. The smallest absolute Gasteiger partial charge is 0.273 e. The van der Waals surface area contributed by atoms with Crippen molar-refractivity contribution in [2.75, 3.05) is 13.1 Å². The molecule has 2 heterocycles. The second-order valence-electron chi connectivity index (χ2n) is 5.53. The van der Waals surface area contributed by atoms with Crippen molar-refractivity contribution >= 4 is 41.5 Å². The molecule has 9 heteroatoms. The molecular weight excluding hydrogens is 389 g/mol. The summed E-state index contributed by atoms with van der Waals surface area (Å²) >= 11 is 12.1. The molecule has 3 rings (SSSR count). The Kier molecular flexibility index (Phi) is 7.38. The average Bonchev–Trinajstić information content (AvgIpc) is 3.04. The molecule has 25 heavy (non-hydrogen) atoms. The van der Waals surface area contributed by atoms with Crippen LogP contribution in [0.25, 0.3) is 0 Å². The van der Waals surface area contributed by atoms with Gasteiger partial charge in [-0.2, -0.15) is 0 Å². The Morgan fingerprint density at radius 1 is 1.40 bits per heavy atom. The molecule has 1 aromatic carbocycles. The molecular formula is C16H18Cl3N3O3. The summed E-state index contributed by atoms with van der Waals surface area (Å²) in [5.41, 5.74) is 0.226. The fourth-order valence-electron chi connectivity index (χ4n) is 2.49. The monoisotopic (exact) mass is 405 g/mol. The first-order valence-electron chi connectivity index (χ1n) is 7.67. The molecule has 0 radical (unpaired) electrons. The fourth-order valence-corrected chi connectivity index (χ4v) is 2.99. The standard InChI is InChI=1S/C16H17Cl2N3O3.ClH/c17-12-4-1-5-13(18)15(12)23-9-11-7-14(21-24-11)16(22)20-10-3-2-6-19-8-10;/h1,4-5,7,10,19H,2-3,6,8-9H2,(H,20,22);1H. The summed E-state index contributed by atoms with van der Waals surface area (Å²) in [4.78, 5) is 12.2. The molecule has 0 saturated carbocycles. The van der Waals surface area contributed by atoms with Crippen molar-refractivity contribution in [3.8, 4) is 5.75 Å². The highest BCUT2D eigenvalue weighted by molar-refractivity contribution is 6.37. The zero-order valence-corrected chi connectivity index (χ0v) is 15.6. The van der Waals surface area contributed by atoms with Gasteiger partial charge in [-0.15, -0.1) is 12.4 Å². The first kappa shape index (κ1) is 19.8. The summed E-state index contributed by atoms with van der Waals surface area (Å²) in [6.07, 6.45) is 2.00. The number of rotatable bonds is 5. The van der Waals surface area contributed by atoms with Gasteiger partial charge in [-0.25, -0.2) is 0 Å². The lowest BCUT2D eigenvalue weighted by Gasteiger charge is -2.23. The zero-order chi connectivity index (χ0) is 16.9. The average molecular weight is 407 g/mol. The van der Waals surface area contributed by atoms with Gasteiger partial charge in [-0.1, -0.05) is 34.4 Å². The van der Waals surface area contributed by atoms with Crippen molar-refractivity contribution < 1.29 is 14.1 Å². The van der Waals surface area contributed by atoms with Crippen LogP contribution in [0.5, 0.6) is 5.75 Å². The number of halogens is 3. The lowest BCUT2D eigenvalue weighted by Crippen LogP contribution is -2.45. The molecule has 0 spiro atoms. The summed E-state index contributed by atoms with van der Waals surface area (Å²) in [6.45, 7) is 1.84. The van der Waals surface area contributed by atoms with Crippen molar-refractivity contribution in [2.45, 2.75) is 25.5 Å². The van der Waals surface area contributed by atoms with E-state index >= 15 is 0 Å². The highest BCUT2D eigenvalue weighted by atomic mass is 35.5. The van der Waals surface area contributed by atoms with Gasteiger partial charge < -0.3 is 19.9 Å². The highest BCUT2D eigenvalue weighted by Crippen LogP contribution is 2.32. The van der Waals surface area contributed by atoms with Crippen LogP contribution in [0.1, 0.15) is 29.1 Å². The predicted octanol–water partition coefficient (Wildman–Crippen LogP) is 3.46. The number of hydrogen-bond acceptors (Lipinski definition) is 5. The Morgan fingerprint density at radius 2 is 2.16 bits per heavy atom. The normalized spacial score (nSPS) is 16.8. The van der Waals surface area contributed by atoms with Crippen LogP contribution in [0.15, 0.2) is 28.8 Å². The van der Waals surface area contributed by atoms with E-state index in [0.29, 0.717) is 21.6 Å². The third-order valence-corrected chi connectivity index (χ3v) is 4.30. The van der Waals surface area contributed by atoms with Gasteiger partial charge in [0.2, 0.25) is 0 Å². The molecule has 1 atom stereocenters. The number of nitrogens with zero attached hydrogens (tertiary/aromatic N) is 1. The van der Waals surface area contributed by atoms with E-state index in [1.54, 1.807) is 24.3 Å². The summed E-state index contributed by atoms with van der Waals surface area (Å²) < 4.78 is 10.7. The zero-order valence-electron chi connectivity index (χ0n) is 13.3. The molecule has 6 nitrogen and oxygen atoms in total. The first-order chi connectivity index (χ1) is 11.6. The maximum Gasteiger partial charge on any atom is 0.273 e. The van der Waals surface area contributed by atoms with Gasteiger partial charge in [-0.05, 0) is 31.5 Å². The van der Waals surface area contributed by atoms with E-state index in [4.69, 9.17) is 32.5 Å². The van der Waals surface area contributed by atoms with Gasteiger partial charge in [0.1, 0.15) is 6.61 Å². The van der Waals surface area contributed by atoms with E-state index in [1.807, 2.05) is 0 Å². The Hall–Kier alpha value is -1.47.